The van der Waals surface area contributed by atoms with Crippen LogP contribution in [0.15, 0.2) is 35.3 Å². The van der Waals surface area contributed by atoms with Crippen molar-refractivity contribution in [1.29, 1.82) is 0 Å². The van der Waals surface area contributed by atoms with Gasteiger partial charge in [-0.2, -0.15) is 5.10 Å². The molecule has 0 aliphatic carbocycles. The molecule has 0 spiro atoms. The number of aryl methyl sites for hydroxylation is 1. The van der Waals surface area contributed by atoms with Gasteiger partial charge in [-0.3, -0.25) is 4.79 Å². The molecule has 0 saturated heterocycles. The first kappa shape index (κ1) is 14.8. The topological polar surface area (TPSA) is 44.1 Å². The van der Waals surface area contributed by atoms with Crippen molar-refractivity contribution in [2.75, 3.05) is 6.61 Å². The van der Waals surface area contributed by atoms with E-state index in [-0.39, 0.29) is 15.9 Å². The highest BCUT2D eigenvalue weighted by Crippen LogP contribution is 2.14. The highest BCUT2D eigenvalue weighted by atomic mass is 35.5. The number of ether oxygens (including phenoxy) is 1. The normalized spacial score (nSPS) is 10.6. The molecule has 1 heterocycles. The first-order valence-electron chi connectivity index (χ1n) is 5.87. The van der Waals surface area contributed by atoms with Gasteiger partial charge in [-0.15, -0.1) is 0 Å². The number of nitrogens with zero attached hydrogens (tertiary/aromatic N) is 2. The Labute approximate surface area is 124 Å². The lowest BCUT2D eigenvalue weighted by atomic mass is 10.3. The van der Waals surface area contributed by atoms with E-state index in [1.807, 2.05) is 0 Å². The van der Waals surface area contributed by atoms with Crippen LogP contribution in [0.25, 0.3) is 0 Å². The molecule has 1 aromatic heterocycles. The Hall–Kier alpha value is -1.59. The Morgan fingerprint density at radius 1 is 1.25 bits per heavy atom. The predicted octanol–water partition coefficient (Wildman–Crippen LogP) is 3.16. The average Bonchev–Trinajstić information content (AvgIpc) is 2.45. The molecule has 0 aliphatic rings. The van der Waals surface area contributed by atoms with Crippen molar-refractivity contribution < 1.29 is 9.13 Å². The molecule has 0 amide bonds. The van der Waals surface area contributed by atoms with Crippen LogP contribution < -0.4 is 10.3 Å². The second-order valence-electron chi connectivity index (χ2n) is 3.99. The van der Waals surface area contributed by atoms with Gasteiger partial charge in [-0.05, 0) is 24.3 Å². The molecule has 1 aromatic carbocycles. The Morgan fingerprint density at radius 3 is 2.65 bits per heavy atom. The lowest BCUT2D eigenvalue weighted by Crippen LogP contribution is -2.24. The number of rotatable bonds is 5. The summed E-state index contributed by atoms with van der Waals surface area (Å²) in [5, 5.41) is 3.97. The lowest BCUT2D eigenvalue weighted by molar-refractivity contribution is 0.296. The summed E-state index contributed by atoms with van der Waals surface area (Å²) in [6, 6.07) is 5.72. The fraction of sp³-hybridized carbons (Fsp3) is 0.231. The molecule has 0 radical (unpaired) electrons. The van der Waals surface area contributed by atoms with Gasteiger partial charge in [0, 0.05) is 13.0 Å². The van der Waals surface area contributed by atoms with E-state index in [2.05, 4.69) is 5.10 Å². The maximum Gasteiger partial charge on any atom is 0.287 e. The summed E-state index contributed by atoms with van der Waals surface area (Å²) in [7, 11) is 0. The summed E-state index contributed by atoms with van der Waals surface area (Å²) in [4.78, 5) is 11.7. The summed E-state index contributed by atoms with van der Waals surface area (Å²) in [6.07, 6.45) is 1.88. The molecular weight excluding hydrogens is 306 g/mol. The van der Waals surface area contributed by atoms with Crippen molar-refractivity contribution in [2.45, 2.75) is 13.0 Å². The number of hydrogen-bond donors (Lipinski definition) is 0. The van der Waals surface area contributed by atoms with Crippen LogP contribution in [0.5, 0.6) is 5.75 Å². The van der Waals surface area contributed by atoms with Crippen LogP contribution in [-0.4, -0.2) is 16.4 Å². The Morgan fingerprint density at radius 2 is 1.95 bits per heavy atom. The monoisotopic (exact) mass is 316 g/mol. The molecule has 7 heteroatoms. The second kappa shape index (κ2) is 6.72. The van der Waals surface area contributed by atoms with Gasteiger partial charge in [0.25, 0.3) is 5.56 Å². The maximum absolute atomic E-state index is 12.7. The molecule has 0 fully saturated rings. The van der Waals surface area contributed by atoms with Crippen molar-refractivity contribution >= 4 is 23.2 Å². The molecule has 20 heavy (non-hydrogen) atoms. The number of aromatic nitrogens is 2. The van der Waals surface area contributed by atoms with Crippen LogP contribution >= 0.6 is 23.2 Å². The molecule has 0 aliphatic heterocycles. The largest absolute Gasteiger partial charge is 0.494 e. The van der Waals surface area contributed by atoms with Crippen LogP contribution in [0.4, 0.5) is 4.39 Å². The molecule has 2 rings (SSSR count). The third-order valence-corrected chi connectivity index (χ3v) is 3.29. The molecule has 0 saturated carbocycles. The van der Waals surface area contributed by atoms with Crippen LogP contribution in [0, 0.1) is 5.82 Å². The van der Waals surface area contributed by atoms with Crippen molar-refractivity contribution in [3.63, 3.8) is 0 Å². The highest BCUT2D eigenvalue weighted by Gasteiger charge is 2.06. The number of hydrogen-bond acceptors (Lipinski definition) is 3. The van der Waals surface area contributed by atoms with Crippen LogP contribution in [0.3, 0.4) is 0 Å². The van der Waals surface area contributed by atoms with Crippen molar-refractivity contribution in [2.24, 2.45) is 0 Å². The minimum atomic E-state index is -0.430. The second-order valence-corrected chi connectivity index (χ2v) is 4.78. The zero-order valence-electron chi connectivity index (χ0n) is 10.4. The van der Waals surface area contributed by atoms with Gasteiger partial charge in [0.2, 0.25) is 0 Å². The number of halogens is 3. The van der Waals surface area contributed by atoms with E-state index in [1.165, 1.54) is 23.0 Å². The van der Waals surface area contributed by atoms with Gasteiger partial charge in [0.15, 0.2) is 0 Å². The van der Waals surface area contributed by atoms with Crippen molar-refractivity contribution in [3.8, 4) is 5.75 Å². The maximum atomic E-state index is 12.7. The Kier molecular flexibility index (Phi) is 4.98. The average molecular weight is 317 g/mol. The van der Waals surface area contributed by atoms with Gasteiger partial charge >= 0.3 is 0 Å². The van der Waals surface area contributed by atoms with E-state index in [9.17, 15) is 9.18 Å². The molecule has 4 nitrogen and oxygen atoms in total. The molecule has 106 valence electrons. The fourth-order valence-corrected chi connectivity index (χ4v) is 1.81. The minimum Gasteiger partial charge on any atom is -0.494 e. The standard InChI is InChI=1S/C13H11Cl2FN2O2/c14-11-8-17-18(13(19)12(11)15)6-1-7-20-10-4-2-9(16)3-5-10/h2-5,8H,1,6-7H2. The predicted molar refractivity (Wildman–Crippen MR) is 75.0 cm³/mol. The highest BCUT2D eigenvalue weighted by molar-refractivity contribution is 6.41. The van der Waals surface area contributed by atoms with Gasteiger partial charge < -0.3 is 4.74 Å². The summed E-state index contributed by atoms with van der Waals surface area (Å²) < 4.78 is 19.3. The van der Waals surface area contributed by atoms with Crippen molar-refractivity contribution in [3.05, 3.63) is 56.7 Å². The zero-order valence-corrected chi connectivity index (χ0v) is 11.9. The fourth-order valence-electron chi connectivity index (χ4n) is 1.54. The van der Waals surface area contributed by atoms with E-state index in [4.69, 9.17) is 27.9 Å². The van der Waals surface area contributed by atoms with E-state index in [1.54, 1.807) is 12.1 Å². The van der Waals surface area contributed by atoms with Crippen LogP contribution in [0.1, 0.15) is 6.42 Å². The third kappa shape index (κ3) is 3.71. The molecule has 0 bridgehead atoms. The van der Waals surface area contributed by atoms with Crippen LogP contribution in [0.2, 0.25) is 10.0 Å². The van der Waals surface area contributed by atoms with Crippen LogP contribution in [-0.2, 0) is 6.54 Å². The summed E-state index contributed by atoms with van der Waals surface area (Å²) in [5.74, 6) is 0.254. The Bertz CT molecular complexity index is 644. The molecular formula is C13H11Cl2FN2O2. The molecule has 0 unspecified atom stereocenters. The smallest absolute Gasteiger partial charge is 0.287 e. The quantitative estimate of drug-likeness (QED) is 0.796. The summed E-state index contributed by atoms with van der Waals surface area (Å²) in [5.41, 5.74) is -0.430. The van der Waals surface area contributed by atoms with Gasteiger partial charge in [0.1, 0.15) is 16.6 Å². The summed E-state index contributed by atoms with van der Waals surface area (Å²) in [6.45, 7) is 0.733. The molecule has 2 aromatic rings. The first-order chi connectivity index (χ1) is 9.58. The number of benzene rings is 1. The van der Waals surface area contributed by atoms with E-state index in [0.717, 1.165) is 0 Å². The van der Waals surface area contributed by atoms with Gasteiger partial charge in [-0.1, -0.05) is 23.2 Å². The molecule has 0 N–H and O–H groups in total. The van der Waals surface area contributed by atoms with Crippen molar-refractivity contribution in [1.82, 2.24) is 9.78 Å². The van der Waals surface area contributed by atoms with E-state index in [0.29, 0.717) is 25.3 Å². The zero-order chi connectivity index (χ0) is 14.5. The lowest BCUT2D eigenvalue weighted by Gasteiger charge is -2.07. The minimum absolute atomic E-state index is 0.0406. The SMILES string of the molecule is O=c1c(Cl)c(Cl)cnn1CCCOc1ccc(F)cc1. The summed E-state index contributed by atoms with van der Waals surface area (Å²) >= 11 is 11.4. The first-order valence-corrected chi connectivity index (χ1v) is 6.63. The van der Waals surface area contributed by atoms with E-state index < -0.39 is 5.56 Å². The van der Waals surface area contributed by atoms with Gasteiger partial charge in [0.05, 0.1) is 17.8 Å². The van der Waals surface area contributed by atoms with E-state index >= 15 is 0 Å². The van der Waals surface area contributed by atoms with Gasteiger partial charge in [-0.25, -0.2) is 9.07 Å². The Balaban J connectivity index is 1.86. The third-order valence-electron chi connectivity index (χ3n) is 2.54. The molecule has 0 atom stereocenters.